The molecule has 166 valence electrons. The highest BCUT2D eigenvalue weighted by molar-refractivity contribution is 6.30. The van der Waals surface area contributed by atoms with Crippen molar-refractivity contribution in [3.05, 3.63) is 88.4 Å². The number of halogens is 4. The summed E-state index contributed by atoms with van der Waals surface area (Å²) in [4.78, 5) is 13.1. The van der Waals surface area contributed by atoms with E-state index in [0.717, 1.165) is 17.7 Å². The van der Waals surface area contributed by atoms with Crippen LogP contribution < -0.4 is 20.1 Å². The number of fused-ring (bicyclic) bond motifs is 1. The molecule has 2 N–H and O–H groups in total. The summed E-state index contributed by atoms with van der Waals surface area (Å²) in [7, 11) is 0. The minimum absolute atomic E-state index is 0.0733. The summed E-state index contributed by atoms with van der Waals surface area (Å²) in [6.45, 7) is 0.417. The first kappa shape index (κ1) is 22.0. The quantitative estimate of drug-likeness (QED) is 0.503. The number of nitrogens with one attached hydrogen (secondary N) is 2. The molecule has 1 atom stereocenters. The summed E-state index contributed by atoms with van der Waals surface area (Å²) in [5.41, 5.74) is 0.0531. The topological polar surface area (TPSA) is 59.6 Å². The number of anilines is 1. The molecule has 4 rings (SSSR count). The predicted molar refractivity (Wildman–Crippen MR) is 114 cm³/mol. The lowest BCUT2D eigenvalue weighted by Crippen LogP contribution is -2.33. The molecule has 0 spiro atoms. The maximum atomic E-state index is 13.4. The third-order valence-electron chi connectivity index (χ3n) is 4.89. The molecular weight excluding hydrogens is 445 g/mol. The van der Waals surface area contributed by atoms with E-state index in [4.69, 9.17) is 21.1 Å². The van der Waals surface area contributed by atoms with Gasteiger partial charge in [-0.3, -0.25) is 10.1 Å². The number of benzene rings is 3. The van der Waals surface area contributed by atoms with Crippen LogP contribution in [0, 0.1) is 0 Å². The van der Waals surface area contributed by atoms with Gasteiger partial charge in [0.25, 0.3) is 0 Å². The third kappa shape index (κ3) is 4.98. The molecule has 1 aliphatic heterocycles. The average Bonchev–Trinajstić information content (AvgIpc) is 3.23. The molecule has 1 heterocycles. The largest absolute Gasteiger partial charge is 0.454 e. The second-order valence-corrected chi connectivity index (χ2v) is 7.53. The zero-order chi connectivity index (χ0) is 22.7. The lowest BCUT2D eigenvalue weighted by atomic mass is 10.0. The number of alkyl halides is 3. The number of carbonyl (C=O) groups excluding carboxylic acids is 1. The Kier molecular flexibility index (Phi) is 6.25. The van der Waals surface area contributed by atoms with Gasteiger partial charge in [-0.2, -0.15) is 13.2 Å². The van der Waals surface area contributed by atoms with Crippen LogP contribution in [0.2, 0.25) is 5.02 Å². The molecular formula is C23H18ClF3N2O3. The Balaban J connectivity index is 1.57. The molecule has 0 fully saturated rings. The molecule has 1 amide bonds. The van der Waals surface area contributed by atoms with Gasteiger partial charge in [-0.05, 0) is 41.5 Å². The molecule has 3 aromatic carbocycles. The van der Waals surface area contributed by atoms with Crippen LogP contribution in [0.3, 0.4) is 0 Å². The Labute approximate surface area is 187 Å². The Morgan fingerprint density at radius 3 is 2.50 bits per heavy atom. The van der Waals surface area contributed by atoms with Gasteiger partial charge >= 0.3 is 6.18 Å². The molecule has 0 aliphatic carbocycles. The third-order valence-corrected chi connectivity index (χ3v) is 5.12. The Morgan fingerprint density at radius 2 is 1.75 bits per heavy atom. The fraction of sp³-hybridized carbons (Fsp3) is 0.174. The summed E-state index contributed by atoms with van der Waals surface area (Å²) >= 11 is 5.73. The monoisotopic (exact) mass is 462 g/mol. The average molecular weight is 463 g/mol. The fourth-order valence-corrected chi connectivity index (χ4v) is 3.52. The molecule has 0 aromatic heterocycles. The smallest absolute Gasteiger partial charge is 0.418 e. The van der Waals surface area contributed by atoms with Gasteiger partial charge in [-0.25, -0.2) is 0 Å². The Morgan fingerprint density at radius 1 is 1.00 bits per heavy atom. The second-order valence-electron chi connectivity index (χ2n) is 7.09. The number of ether oxygens (including phenoxy) is 2. The zero-order valence-electron chi connectivity index (χ0n) is 16.6. The van der Waals surface area contributed by atoms with Crippen molar-refractivity contribution in [3.8, 4) is 11.5 Å². The summed E-state index contributed by atoms with van der Waals surface area (Å²) < 4.78 is 51.0. The second kappa shape index (κ2) is 9.10. The normalized spacial score (nSPS) is 13.6. The highest BCUT2D eigenvalue weighted by atomic mass is 35.5. The van der Waals surface area contributed by atoms with Gasteiger partial charge in [0.15, 0.2) is 11.5 Å². The van der Waals surface area contributed by atoms with Crippen LogP contribution in [-0.2, 0) is 17.5 Å². The highest BCUT2D eigenvalue weighted by Gasteiger charge is 2.35. The Hall–Kier alpha value is -3.23. The molecule has 0 saturated heterocycles. The molecule has 1 aliphatic rings. The van der Waals surface area contributed by atoms with Crippen molar-refractivity contribution in [2.45, 2.75) is 18.8 Å². The molecule has 0 unspecified atom stereocenters. The molecule has 0 radical (unpaired) electrons. The van der Waals surface area contributed by atoms with Crippen molar-refractivity contribution in [2.24, 2.45) is 0 Å². The summed E-state index contributed by atoms with van der Waals surface area (Å²) in [5, 5.41) is 5.44. The van der Waals surface area contributed by atoms with Crippen molar-refractivity contribution in [1.29, 1.82) is 0 Å². The first-order valence-electron chi connectivity index (χ1n) is 9.66. The van der Waals surface area contributed by atoms with Crippen LogP contribution in [0.25, 0.3) is 0 Å². The minimum atomic E-state index is -4.67. The van der Waals surface area contributed by atoms with Crippen LogP contribution in [0.1, 0.15) is 22.7 Å². The summed E-state index contributed by atoms with van der Waals surface area (Å²) in [6.07, 6.45) is -4.67. The van der Waals surface area contributed by atoms with E-state index in [-0.39, 0.29) is 24.0 Å². The van der Waals surface area contributed by atoms with Gasteiger partial charge in [0, 0.05) is 11.6 Å². The van der Waals surface area contributed by atoms with Crippen LogP contribution in [-0.4, -0.2) is 12.7 Å². The first-order chi connectivity index (χ1) is 15.3. The lowest BCUT2D eigenvalue weighted by Gasteiger charge is -2.21. The Bertz CT molecular complexity index is 1120. The predicted octanol–water partition coefficient (Wildman–Crippen LogP) is 5.56. The van der Waals surface area contributed by atoms with Crippen molar-refractivity contribution in [2.75, 3.05) is 12.1 Å². The van der Waals surface area contributed by atoms with Gasteiger partial charge in [0.1, 0.15) is 6.04 Å². The van der Waals surface area contributed by atoms with E-state index in [9.17, 15) is 18.0 Å². The van der Waals surface area contributed by atoms with Gasteiger partial charge in [-0.15, -0.1) is 0 Å². The number of hydrogen-bond donors (Lipinski definition) is 2. The van der Waals surface area contributed by atoms with Crippen LogP contribution in [0.5, 0.6) is 11.5 Å². The first-order valence-corrected chi connectivity index (χ1v) is 10.0. The maximum Gasteiger partial charge on any atom is 0.418 e. The van der Waals surface area contributed by atoms with Gasteiger partial charge < -0.3 is 14.8 Å². The maximum absolute atomic E-state index is 13.4. The summed E-state index contributed by atoms with van der Waals surface area (Å²) in [6, 6.07) is 16.4. The number of hydrogen-bond acceptors (Lipinski definition) is 4. The number of carbonyl (C=O) groups is 1. The number of amides is 1. The van der Waals surface area contributed by atoms with Crippen LogP contribution in [0.4, 0.5) is 18.9 Å². The van der Waals surface area contributed by atoms with Crippen molar-refractivity contribution < 1.29 is 27.4 Å². The van der Waals surface area contributed by atoms with Crippen molar-refractivity contribution in [1.82, 2.24) is 5.32 Å². The SMILES string of the molecule is O=C(Nc1ccc(Cl)cc1C(F)(F)F)[C@@H](NCc1ccc2c(c1)OCO2)c1ccccc1. The molecule has 5 nitrogen and oxygen atoms in total. The van der Waals surface area contributed by atoms with Gasteiger partial charge in [0.05, 0.1) is 11.3 Å². The highest BCUT2D eigenvalue weighted by Crippen LogP contribution is 2.37. The summed E-state index contributed by atoms with van der Waals surface area (Å²) in [5.74, 6) is 0.597. The standard InChI is InChI=1S/C23H18ClF3N2O3/c24-16-7-8-18(17(11-16)23(25,26)27)29-22(30)21(15-4-2-1-3-5-15)28-12-14-6-9-19-20(10-14)32-13-31-19/h1-11,21,28H,12-13H2,(H,29,30)/t21-/m0/s1. The van der Waals surface area contributed by atoms with E-state index in [1.165, 1.54) is 6.07 Å². The fourth-order valence-electron chi connectivity index (χ4n) is 3.34. The van der Waals surface area contributed by atoms with Gasteiger partial charge in [0.2, 0.25) is 12.7 Å². The molecule has 9 heteroatoms. The molecule has 0 bridgehead atoms. The van der Waals surface area contributed by atoms with Crippen molar-refractivity contribution >= 4 is 23.2 Å². The molecule has 3 aromatic rings. The lowest BCUT2D eigenvalue weighted by molar-refractivity contribution is -0.137. The molecule has 0 saturated carbocycles. The zero-order valence-corrected chi connectivity index (χ0v) is 17.3. The van der Waals surface area contributed by atoms with Gasteiger partial charge in [-0.1, -0.05) is 48.0 Å². The van der Waals surface area contributed by atoms with Crippen LogP contribution >= 0.6 is 11.6 Å². The van der Waals surface area contributed by atoms with E-state index in [2.05, 4.69) is 10.6 Å². The van der Waals surface area contributed by atoms with Crippen LogP contribution in [0.15, 0.2) is 66.7 Å². The number of rotatable bonds is 6. The molecule has 32 heavy (non-hydrogen) atoms. The van der Waals surface area contributed by atoms with E-state index >= 15 is 0 Å². The minimum Gasteiger partial charge on any atom is -0.454 e. The van der Waals surface area contributed by atoms with E-state index < -0.39 is 23.7 Å². The van der Waals surface area contributed by atoms with E-state index in [0.29, 0.717) is 17.1 Å². The van der Waals surface area contributed by atoms with E-state index in [1.54, 1.807) is 42.5 Å². The van der Waals surface area contributed by atoms with E-state index in [1.807, 2.05) is 6.07 Å². The van der Waals surface area contributed by atoms with Crippen molar-refractivity contribution in [3.63, 3.8) is 0 Å².